The minimum atomic E-state index is -4.07. The van der Waals surface area contributed by atoms with Crippen LogP contribution in [0.15, 0.2) is 108 Å². The fourth-order valence-corrected chi connectivity index (χ4v) is 5.07. The van der Waals surface area contributed by atoms with Crippen LogP contribution in [-0.4, -0.2) is 27.5 Å². The molecule has 0 radical (unpaired) electrons. The molecule has 4 aromatic rings. The van der Waals surface area contributed by atoms with Crippen LogP contribution >= 0.6 is 0 Å². The third-order valence-corrected chi connectivity index (χ3v) is 7.22. The Morgan fingerprint density at radius 3 is 2.11 bits per heavy atom. The zero-order valence-corrected chi connectivity index (χ0v) is 21.4. The van der Waals surface area contributed by atoms with Crippen LogP contribution in [0.5, 0.6) is 17.2 Å². The number of nitrogens with one attached hydrogen (secondary N) is 1. The molecule has 0 bridgehead atoms. The summed E-state index contributed by atoms with van der Waals surface area (Å²) < 4.78 is 39.9. The number of aryl methyl sites for hydroxylation is 1. The molecule has 4 rings (SSSR count). The van der Waals surface area contributed by atoms with Gasteiger partial charge in [-0.2, -0.15) is 0 Å². The zero-order chi connectivity index (χ0) is 26.3. The summed E-state index contributed by atoms with van der Waals surface area (Å²) in [6.07, 6.45) is 0. The summed E-state index contributed by atoms with van der Waals surface area (Å²) in [7, 11) is -4.07. The minimum absolute atomic E-state index is 0.0830. The van der Waals surface area contributed by atoms with Crippen molar-refractivity contribution >= 4 is 27.3 Å². The van der Waals surface area contributed by atoms with Crippen molar-refractivity contribution in [3.63, 3.8) is 0 Å². The van der Waals surface area contributed by atoms with Gasteiger partial charge in [-0.05, 0) is 74.5 Å². The number of carbonyl (C=O) groups is 1. The van der Waals surface area contributed by atoms with Gasteiger partial charge in [0.2, 0.25) is 5.91 Å². The lowest BCUT2D eigenvalue weighted by Gasteiger charge is -2.26. The number of rotatable bonds is 10. The van der Waals surface area contributed by atoms with E-state index in [0.29, 0.717) is 29.5 Å². The molecule has 0 heterocycles. The minimum Gasteiger partial charge on any atom is -0.492 e. The van der Waals surface area contributed by atoms with E-state index in [-0.39, 0.29) is 10.6 Å². The number of benzene rings is 4. The third-order valence-electron chi connectivity index (χ3n) is 5.45. The van der Waals surface area contributed by atoms with E-state index in [9.17, 15) is 13.2 Å². The Labute approximate surface area is 217 Å². The number of sulfonamides is 1. The molecule has 7 nitrogen and oxygen atoms in total. The fourth-order valence-electron chi connectivity index (χ4n) is 3.64. The first kappa shape index (κ1) is 25.8. The Morgan fingerprint density at radius 1 is 0.811 bits per heavy atom. The van der Waals surface area contributed by atoms with Crippen molar-refractivity contribution in [1.29, 1.82) is 0 Å². The summed E-state index contributed by atoms with van der Waals surface area (Å²) in [6, 6.07) is 29.5. The predicted octanol–water partition coefficient (Wildman–Crippen LogP) is 6.02. The molecule has 0 atom stereocenters. The largest absolute Gasteiger partial charge is 0.492 e. The van der Waals surface area contributed by atoms with Crippen molar-refractivity contribution in [2.45, 2.75) is 18.7 Å². The maximum absolute atomic E-state index is 13.7. The molecule has 0 saturated carbocycles. The molecule has 8 heteroatoms. The van der Waals surface area contributed by atoms with E-state index < -0.39 is 22.5 Å². The molecule has 4 aromatic carbocycles. The Hall–Kier alpha value is -4.30. The van der Waals surface area contributed by atoms with E-state index in [1.54, 1.807) is 60.7 Å². The third kappa shape index (κ3) is 6.48. The Bertz CT molecular complexity index is 1440. The average molecular weight is 517 g/mol. The van der Waals surface area contributed by atoms with Crippen LogP contribution in [0.2, 0.25) is 0 Å². The summed E-state index contributed by atoms with van der Waals surface area (Å²) in [5, 5.41) is 2.78. The van der Waals surface area contributed by atoms with Crippen molar-refractivity contribution in [3.05, 3.63) is 109 Å². The maximum Gasteiger partial charge on any atom is 0.264 e. The lowest BCUT2D eigenvalue weighted by atomic mass is 10.2. The van der Waals surface area contributed by atoms with Gasteiger partial charge in [0, 0.05) is 5.69 Å². The number of anilines is 2. The van der Waals surface area contributed by atoms with Crippen LogP contribution < -0.4 is 19.1 Å². The van der Waals surface area contributed by atoms with Crippen LogP contribution in [0, 0.1) is 6.92 Å². The van der Waals surface area contributed by atoms with Gasteiger partial charge in [0.25, 0.3) is 10.0 Å². The van der Waals surface area contributed by atoms with Crippen molar-refractivity contribution < 1.29 is 22.7 Å². The molecule has 0 aliphatic heterocycles. The van der Waals surface area contributed by atoms with Crippen molar-refractivity contribution in [2.75, 3.05) is 22.8 Å². The summed E-state index contributed by atoms with van der Waals surface area (Å²) in [5.74, 6) is 1.18. The first-order valence-electron chi connectivity index (χ1n) is 11.8. The second-order valence-electron chi connectivity index (χ2n) is 8.21. The summed E-state index contributed by atoms with van der Waals surface area (Å²) in [6.45, 7) is 3.59. The lowest BCUT2D eigenvalue weighted by molar-refractivity contribution is -0.114. The van der Waals surface area contributed by atoms with Gasteiger partial charge in [0.1, 0.15) is 23.8 Å². The number of amides is 1. The van der Waals surface area contributed by atoms with Crippen molar-refractivity contribution in [1.82, 2.24) is 0 Å². The number of nitrogens with zero attached hydrogens (tertiary/aromatic N) is 1. The first-order chi connectivity index (χ1) is 17.9. The van der Waals surface area contributed by atoms with Crippen LogP contribution in [0.25, 0.3) is 0 Å². The number of para-hydroxylation sites is 3. The molecule has 190 valence electrons. The highest BCUT2D eigenvalue weighted by molar-refractivity contribution is 7.92. The van der Waals surface area contributed by atoms with E-state index in [1.807, 2.05) is 44.2 Å². The van der Waals surface area contributed by atoms with Gasteiger partial charge in [-0.15, -0.1) is 0 Å². The van der Waals surface area contributed by atoms with Gasteiger partial charge in [-0.3, -0.25) is 9.10 Å². The molecule has 0 spiro atoms. The quantitative estimate of drug-likeness (QED) is 0.279. The Kier molecular flexibility index (Phi) is 8.10. The topological polar surface area (TPSA) is 84.9 Å². The van der Waals surface area contributed by atoms with Crippen LogP contribution in [0.3, 0.4) is 0 Å². The predicted molar refractivity (Wildman–Crippen MR) is 145 cm³/mol. The van der Waals surface area contributed by atoms with Crippen molar-refractivity contribution in [3.8, 4) is 17.2 Å². The van der Waals surface area contributed by atoms with Gasteiger partial charge in [0.15, 0.2) is 0 Å². The molecule has 0 aromatic heterocycles. The highest BCUT2D eigenvalue weighted by Crippen LogP contribution is 2.32. The second kappa shape index (κ2) is 11.6. The van der Waals surface area contributed by atoms with Crippen LogP contribution in [-0.2, 0) is 14.8 Å². The van der Waals surface area contributed by atoms with Gasteiger partial charge >= 0.3 is 0 Å². The average Bonchev–Trinajstić information content (AvgIpc) is 2.90. The molecule has 1 N–H and O–H groups in total. The molecule has 37 heavy (non-hydrogen) atoms. The summed E-state index contributed by atoms with van der Waals surface area (Å²) in [4.78, 5) is 13.2. The number of carbonyl (C=O) groups excluding carboxylic acids is 1. The van der Waals surface area contributed by atoms with Crippen molar-refractivity contribution in [2.24, 2.45) is 0 Å². The maximum atomic E-state index is 13.7. The molecule has 0 aliphatic carbocycles. The molecule has 0 fully saturated rings. The number of hydrogen-bond donors (Lipinski definition) is 1. The second-order valence-corrected chi connectivity index (χ2v) is 10.1. The van der Waals surface area contributed by atoms with E-state index in [1.165, 1.54) is 12.1 Å². The van der Waals surface area contributed by atoms with E-state index in [0.717, 1.165) is 9.87 Å². The standard InChI is InChI=1S/C29H28N2O5S/c1-3-35-28-12-8-7-11-27(28)31(37(33,34)26-19-13-22(2)14-20-26)21-29(32)30-23-15-17-25(18-16-23)36-24-9-5-4-6-10-24/h4-20H,3,21H2,1-2H3,(H,30,32). The molecule has 0 saturated heterocycles. The SMILES string of the molecule is CCOc1ccccc1N(CC(=O)Nc1ccc(Oc2ccccc2)cc1)S(=O)(=O)c1ccc(C)cc1. The van der Waals surface area contributed by atoms with Crippen LogP contribution in [0.1, 0.15) is 12.5 Å². The highest BCUT2D eigenvalue weighted by atomic mass is 32.2. The van der Waals surface area contributed by atoms with E-state index >= 15 is 0 Å². The first-order valence-corrected chi connectivity index (χ1v) is 13.2. The number of ether oxygens (including phenoxy) is 2. The Balaban J connectivity index is 1.57. The zero-order valence-electron chi connectivity index (χ0n) is 20.6. The van der Waals surface area contributed by atoms with Gasteiger partial charge < -0.3 is 14.8 Å². The van der Waals surface area contributed by atoms with Gasteiger partial charge in [0.05, 0.1) is 17.2 Å². The molecule has 0 aliphatic rings. The lowest BCUT2D eigenvalue weighted by Crippen LogP contribution is -2.38. The van der Waals surface area contributed by atoms with Gasteiger partial charge in [-0.25, -0.2) is 8.42 Å². The molecular formula is C29H28N2O5S. The summed E-state index contributed by atoms with van der Waals surface area (Å²) >= 11 is 0. The normalized spacial score (nSPS) is 11.0. The van der Waals surface area contributed by atoms with Crippen LogP contribution in [0.4, 0.5) is 11.4 Å². The molecule has 1 amide bonds. The fraction of sp³-hybridized carbons (Fsp3) is 0.138. The van der Waals surface area contributed by atoms with E-state index in [4.69, 9.17) is 9.47 Å². The van der Waals surface area contributed by atoms with E-state index in [2.05, 4.69) is 5.32 Å². The summed E-state index contributed by atoms with van der Waals surface area (Å²) in [5.41, 5.74) is 1.72. The van der Waals surface area contributed by atoms with Gasteiger partial charge in [-0.1, -0.05) is 48.0 Å². The smallest absolute Gasteiger partial charge is 0.264 e. The Morgan fingerprint density at radius 2 is 1.43 bits per heavy atom. The number of hydrogen-bond acceptors (Lipinski definition) is 5. The monoisotopic (exact) mass is 516 g/mol. The molecule has 0 unspecified atom stereocenters. The molecular weight excluding hydrogens is 488 g/mol. The highest BCUT2D eigenvalue weighted by Gasteiger charge is 2.29.